The Morgan fingerprint density at radius 2 is 1.64 bits per heavy atom. The predicted molar refractivity (Wildman–Crippen MR) is 128 cm³/mol. The molecule has 0 spiro atoms. The normalized spacial score (nSPS) is 18.1. The first kappa shape index (κ1) is 20.0. The number of aryl methyl sites for hydroxylation is 1. The van der Waals surface area contributed by atoms with E-state index in [1.165, 1.54) is 5.56 Å². The third kappa shape index (κ3) is 5.17. The summed E-state index contributed by atoms with van der Waals surface area (Å²) in [6, 6.07) is 20.9. The van der Waals surface area contributed by atoms with Crippen LogP contribution in [0.15, 0.2) is 71.6 Å². The van der Waals surface area contributed by atoms with Crippen LogP contribution >= 0.6 is 38.8 Å². The Kier molecular flexibility index (Phi) is 7.07. The zero-order valence-electron chi connectivity index (χ0n) is 15.9. The first-order valence-electron chi connectivity index (χ1n) is 8.86. The third-order valence-electron chi connectivity index (χ3n) is 4.31. The summed E-state index contributed by atoms with van der Waals surface area (Å²) in [5, 5.41) is 14.2. The van der Waals surface area contributed by atoms with Crippen molar-refractivity contribution >= 4 is 50.6 Å². The fraction of sp³-hybridized carbons (Fsp3) is 0.143. The van der Waals surface area contributed by atoms with Gasteiger partial charge in [-0.3, -0.25) is 0 Å². The number of thioether (sulfide) groups is 1. The predicted octanol–water partition coefficient (Wildman–Crippen LogP) is 7.12. The molecule has 1 heterocycles. The van der Waals surface area contributed by atoms with Crippen LogP contribution in [0, 0.1) is 6.92 Å². The van der Waals surface area contributed by atoms with Gasteiger partial charge in [-0.2, -0.15) is 0 Å². The van der Waals surface area contributed by atoms with E-state index in [1.807, 2.05) is 36.4 Å². The van der Waals surface area contributed by atoms with Gasteiger partial charge in [0.1, 0.15) is 23.4 Å². The van der Waals surface area contributed by atoms with Gasteiger partial charge in [0.05, 0.1) is 10.1 Å². The van der Waals surface area contributed by atoms with Crippen molar-refractivity contribution in [3.63, 3.8) is 0 Å². The molecule has 1 aliphatic heterocycles. The Morgan fingerprint density at radius 3 is 2.29 bits per heavy atom. The standard InChI is InChI=1S/C21H18O3S.IPS/c1-13-2-11-18-19(12-13)25-21(15-5-9-17(23)10-6-15)20(24-18)14-3-7-16(22)8-4-14;1-2-3/h2-12,20-23H,1H3;/t20-,21+;/m0./s1/i/hT. The summed E-state index contributed by atoms with van der Waals surface area (Å²) in [6.07, 6.45) is -0.182. The lowest BCUT2D eigenvalue weighted by atomic mass is 10.00. The summed E-state index contributed by atoms with van der Waals surface area (Å²) in [6.45, 7) is 2.07. The molecule has 0 bridgehead atoms. The van der Waals surface area contributed by atoms with E-state index in [0.717, 1.165) is 26.8 Å². The molecule has 1 aliphatic rings. The van der Waals surface area contributed by atoms with Gasteiger partial charge in [0.25, 0.3) is 1.43 Å². The molecule has 3 nitrogen and oxygen atoms in total. The molecule has 2 N–H and O–H groups in total. The molecule has 0 radical (unpaired) electrons. The highest BCUT2D eigenvalue weighted by Crippen LogP contribution is 2.53. The highest BCUT2D eigenvalue weighted by Gasteiger charge is 2.33. The third-order valence-corrected chi connectivity index (χ3v) is 5.66. The van der Waals surface area contributed by atoms with Gasteiger partial charge in [-0.25, -0.2) is 0 Å². The minimum absolute atomic E-state index is 0.0497. The monoisotopic (exact) mass is 542 g/mol. The van der Waals surface area contributed by atoms with Crippen LogP contribution in [0.4, 0.5) is 0 Å². The van der Waals surface area contributed by atoms with Gasteiger partial charge >= 0.3 is 0 Å². The molecule has 0 amide bonds. The lowest BCUT2D eigenvalue weighted by molar-refractivity contribution is 0.191. The molecular weight excluding hydrogens is 522 g/mol. The van der Waals surface area contributed by atoms with E-state index in [9.17, 15) is 5.11 Å². The number of ether oxygens (including phenoxy) is 1. The first-order valence-corrected chi connectivity index (χ1v) is 14.0. The Morgan fingerprint density at radius 1 is 1.04 bits per heavy atom. The van der Waals surface area contributed by atoms with Crippen LogP contribution in [0.5, 0.6) is 17.2 Å². The second kappa shape index (κ2) is 9.92. The Labute approximate surface area is 190 Å². The average molecular weight is 542 g/mol. The number of hydrogen-bond donors (Lipinski definition) is 2. The van der Waals surface area contributed by atoms with E-state index >= 15 is 0 Å². The maximum Gasteiger partial charge on any atom is 0.293 e. The summed E-state index contributed by atoms with van der Waals surface area (Å²) < 4.78 is 13.4. The minimum Gasteiger partial charge on any atom is -0.508 e. The van der Waals surface area contributed by atoms with Crippen LogP contribution in [0.25, 0.3) is 0 Å². The number of phenolic OH excluding ortho intramolecular Hbond substituents is 2. The van der Waals surface area contributed by atoms with Gasteiger partial charge in [0.2, 0.25) is 0 Å². The van der Waals surface area contributed by atoms with Crippen molar-refractivity contribution in [3.8, 4) is 17.2 Å². The van der Waals surface area contributed by atoms with E-state index in [4.69, 9.17) is 6.17 Å². The lowest BCUT2D eigenvalue weighted by Crippen LogP contribution is -2.19. The topological polar surface area (TPSA) is 49.7 Å². The van der Waals surface area contributed by atoms with Crippen molar-refractivity contribution < 1.29 is 15.0 Å². The molecule has 3 aromatic rings. The fourth-order valence-corrected chi connectivity index (χ4v) is 4.40. The van der Waals surface area contributed by atoms with Crippen molar-refractivity contribution in [2.45, 2.75) is 23.2 Å². The smallest absolute Gasteiger partial charge is 0.293 e. The molecule has 28 heavy (non-hydrogen) atoms. The number of benzene rings is 3. The van der Waals surface area contributed by atoms with E-state index in [-0.39, 0.29) is 17.1 Å². The van der Waals surface area contributed by atoms with Crippen molar-refractivity contribution in [2.24, 2.45) is 0 Å². The number of rotatable bonds is 3. The molecule has 2 atom stereocenters. The van der Waals surface area contributed by atoms with Crippen molar-refractivity contribution in [1.29, 1.82) is 1.43 Å². The SMILES string of the molecule is S=PI.[3H]Oc1ccc([C@H]2Sc3cc(C)ccc3O[C@H]2c2ccc(O)cc2)cc1. The summed E-state index contributed by atoms with van der Waals surface area (Å²) in [5.74, 6) is 1.62. The highest BCUT2D eigenvalue weighted by atomic mass is 127. The van der Waals surface area contributed by atoms with Gasteiger partial charge in [-0.05, 0) is 93.9 Å². The quantitative estimate of drug-likeness (QED) is 0.273. The average Bonchev–Trinajstić information content (AvgIpc) is 2.74. The molecule has 0 saturated carbocycles. The highest BCUT2D eigenvalue weighted by molar-refractivity contribution is 14.2. The molecule has 0 aliphatic carbocycles. The van der Waals surface area contributed by atoms with Crippen molar-refractivity contribution in [2.75, 3.05) is 0 Å². The van der Waals surface area contributed by atoms with E-state index in [0.29, 0.717) is 5.75 Å². The summed E-state index contributed by atoms with van der Waals surface area (Å²) in [4.78, 5) is 2.09. The maximum atomic E-state index is 9.61. The molecule has 0 fully saturated rings. The Bertz CT molecular complexity index is 971. The van der Waals surface area contributed by atoms with E-state index in [2.05, 4.69) is 51.9 Å². The van der Waals surface area contributed by atoms with Crippen molar-refractivity contribution in [3.05, 3.63) is 83.4 Å². The second-order valence-electron chi connectivity index (χ2n) is 6.26. The van der Waals surface area contributed by atoms with Crippen LogP contribution in [0.2, 0.25) is 0 Å². The van der Waals surface area contributed by atoms with Crippen LogP contribution in [0.3, 0.4) is 0 Å². The molecule has 4 rings (SSSR count). The summed E-state index contributed by atoms with van der Waals surface area (Å²) in [5.41, 5.74) is 3.30. The maximum absolute atomic E-state index is 9.61. The zero-order valence-corrected chi connectivity index (χ0v) is 19.6. The largest absolute Gasteiger partial charge is 0.508 e. The molecule has 0 aromatic heterocycles. The number of phenols is 2. The summed E-state index contributed by atoms with van der Waals surface area (Å²) in [7, 11) is 0. The fourth-order valence-electron chi connectivity index (χ4n) is 3.01. The molecule has 7 heteroatoms. The van der Waals surface area contributed by atoms with E-state index in [1.54, 1.807) is 36.0 Å². The van der Waals surface area contributed by atoms with Gasteiger partial charge in [0.15, 0.2) is 0 Å². The zero-order chi connectivity index (χ0) is 20.8. The van der Waals surface area contributed by atoms with E-state index < -0.39 is 0 Å². The summed E-state index contributed by atoms with van der Waals surface area (Å²) >= 11 is 8.20. The molecule has 0 unspecified atom stereocenters. The van der Waals surface area contributed by atoms with Crippen LogP contribution in [-0.4, -0.2) is 11.6 Å². The number of aromatic hydroxyl groups is 2. The Hall–Kier alpha value is -1.34. The molecular formula is C21H18IO3PS2. The van der Waals surface area contributed by atoms with Crippen molar-refractivity contribution in [1.82, 2.24) is 0 Å². The van der Waals surface area contributed by atoms with Gasteiger partial charge in [0, 0.05) is 5.00 Å². The second-order valence-corrected chi connectivity index (χ2v) is 11.5. The number of hydrogen-bond acceptors (Lipinski definition) is 5. The minimum atomic E-state index is -0.182. The number of fused-ring (bicyclic) bond motifs is 1. The van der Waals surface area contributed by atoms with Crippen LogP contribution < -0.4 is 4.74 Å². The number of halogens is 1. The van der Waals surface area contributed by atoms with Gasteiger partial charge in [-0.1, -0.05) is 30.3 Å². The Balaban J connectivity index is 0.000000755. The molecule has 144 valence electrons. The molecule has 3 aromatic carbocycles. The van der Waals surface area contributed by atoms with Crippen LogP contribution in [0.1, 0.15) is 28.0 Å². The molecule has 0 saturated heterocycles. The van der Waals surface area contributed by atoms with Gasteiger partial charge in [-0.15, -0.1) is 11.8 Å². The van der Waals surface area contributed by atoms with Crippen LogP contribution in [-0.2, 0) is 11.8 Å². The van der Waals surface area contributed by atoms with Gasteiger partial charge < -0.3 is 15.0 Å². The lowest BCUT2D eigenvalue weighted by Gasteiger charge is -2.34. The first-order chi connectivity index (χ1) is 14.0.